The van der Waals surface area contributed by atoms with Gasteiger partial charge in [-0.25, -0.2) is 10.8 Å². The van der Waals surface area contributed by atoms with Crippen molar-refractivity contribution in [3.05, 3.63) is 51.7 Å². The van der Waals surface area contributed by atoms with Gasteiger partial charge in [-0.15, -0.1) is 11.3 Å². The highest BCUT2D eigenvalue weighted by molar-refractivity contribution is 7.16. The molecule has 2 aromatic rings. The number of benzene rings is 1. The number of aliphatic imine (C=N–C) groups is 1. The predicted octanol–water partition coefficient (Wildman–Crippen LogP) is 2.98. The predicted molar refractivity (Wildman–Crippen MR) is 81.7 cm³/mol. The Hall–Kier alpha value is -1.56. The Morgan fingerprint density at radius 1 is 1.32 bits per heavy atom. The zero-order valence-corrected chi connectivity index (χ0v) is 12.1. The third kappa shape index (κ3) is 3.96. The quantitative estimate of drug-likeness (QED) is 0.396. The van der Waals surface area contributed by atoms with Gasteiger partial charge in [0.05, 0.1) is 16.6 Å². The SMILES string of the molecule is CN(Cc1ccc(Cl)s1)C(=Nc1ccccc1)NN. The minimum atomic E-state index is 0.607. The number of hydrogen-bond acceptors (Lipinski definition) is 3. The number of hydrogen-bond donors (Lipinski definition) is 2. The highest BCUT2D eigenvalue weighted by Crippen LogP contribution is 2.22. The summed E-state index contributed by atoms with van der Waals surface area (Å²) < 4.78 is 0.783. The van der Waals surface area contributed by atoms with Crippen LogP contribution in [0.1, 0.15) is 4.88 Å². The summed E-state index contributed by atoms with van der Waals surface area (Å²) in [6.07, 6.45) is 0. The maximum absolute atomic E-state index is 5.92. The van der Waals surface area contributed by atoms with Crippen LogP contribution < -0.4 is 11.3 Å². The smallest absolute Gasteiger partial charge is 0.213 e. The zero-order valence-electron chi connectivity index (χ0n) is 10.5. The summed E-state index contributed by atoms with van der Waals surface area (Å²) in [7, 11) is 1.93. The van der Waals surface area contributed by atoms with Gasteiger partial charge in [0, 0.05) is 11.9 Å². The summed E-state index contributed by atoms with van der Waals surface area (Å²) in [5.74, 6) is 6.14. The summed E-state index contributed by atoms with van der Waals surface area (Å²) in [5, 5.41) is 0. The molecule has 0 unspecified atom stereocenters. The number of hydrazine groups is 1. The molecule has 0 atom stereocenters. The summed E-state index contributed by atoms with van der Waals surface area (Å²) in [6, 6.07) is 13.6. The summed E-state index contributed by atoms with van der Waals surface area (Å²) in [4.78, 5) is 7.55. The van der Waals surface area contributed by atoms with Gasteiger partial charge >= 0.3 is 0 Å². The number of nitrogens with one attached hydrogen (secondary N) is 1. The van der Waals surface area contributed by atoms with Gasteiger partial charge in [0.2, 0.25) is 5.96 Å². The number of nitrogens with zero attached hydrogens (tertiary/aromatic N) is 2. The number of halogens is 1. The molecule has 0 amide bonds. The van der Waals surface area contributed by atoms with Crippen LogP contribution in [0.5, 0.6) is 0 Å². The lowest BCUT2D eigenvalue weighted by atomic mass is 10.3. The van der Waals surface area contributed by atoms with Crippen molar-refractivity contribution in [2.75, 3.05) is 7.05 Å². The molecule has 100 valence electrons. The fourth-order valence-electron chi connectivity index (χ4n) is 1.60. The van der Waals surface area contributed by atoms with Crippen LogP contribution in [0, 0.1) is 0 Å². The van der Waals surface area contributed by atoms with E-state index in [0.29, 0.717) is 12.5 Å². The molecule has 3 N–H and O–H groups in total. The molecular formula is C13H15ClN4S. The number of thiophene rings is 1. The second-order valence-electron chi connectivity index (χ2n) is 3.98. The van der Waals surface area contributed by atoms with Crippen molar-refractivity contribution in [1.29, 1.82) is 0 Å². The van der Waals surface area contributed by atoms with E-state index in [1.165, 1.54) is 0 Å². The Kier molecular flexibility index (Phi) is 4.79. The van der Waals surface area contributed by atoms with Gasteiger partial charge in [0.15, 0.2) is 0 Å². The van der Waals surface area contributed by atoms with E-state index < -0.39 is 0 Å². The standard InChI is InChI=1S/C13H15ClN4S/c1-18(9-11-7-8-12(14)19-11)13(17-15)16-10-5-3-2-4-6-10/h2-8H,9,15H2,1H3,(H,16,17). The second kappa shape index (κ2) is 6.56. The molecule has 6 heteroatoms. The van der Waals surface area contributed by atoms with Gasteiger partial charge < -0.3 is 4.90 Å². The average Bonchev–Trinajstić information content (AvgIpc) is 2.82. The van der Waals surface area contributed by atoms with Crippen LogP contribution in [0.25, 0.3) is 0 Å². The van der Waals surface area contributed by atoms with Crippen molar-refractivity contribution in [2.45, 2.75) is 6.54 Å². The molecule has 0 aliphatic rings. The molecular weight excluding hydrogens is 280 g/mol. The van der Waals surface area contributed by atoms with Crippen LogP contribution in [0.3, 0.4) is 0 Å². The molecule has 0 aliphatic carbocycles. The fourth-order valence-corrected chi connectivity index (χ4v) is 2.74. The number of para-hydroxylation sites is 1. The van der Waals surface area contributed by atoms with Crippen LogP contribution in [-0.4, -0.2) is 17.9 Å². The molecule has 0 spiro atoms. The Balaban J connectivity index is 2.11. The van der Waals surface area contributed by atoms with E-state index >= 15 is 0 Å². The maximum Gasteiger partial charge on any atom is 0.213 e. The molecule has 0 saturated carbocycles. The van der Waals surface area contributed by atoms with E-state index in [-0.39, 0.29) is 0 Å². The van der Waals surface area contributed by atoms with E-state index in [1.807, 2.05) is 54.4 Å². The zero-order chi connectivity index (χ0) is 13.7. The third-order valence-electron chi connectivity index (χ3n) is 2.50. The van der Waals surface area contributed by atoms with E-state index in [9.17, 15) is 0 Å². The first-order valence-electron chi connectivity index (χ1n) is 5.75. The fraction of sp³-hybridized carbons (Fsp3) is 0.154. The van der Waals surface area contributed by atoms with Crippen LogP contribution in [0.4, 0.5) is 5.69 Å². The van der Waals surface area contributed by atoms with Gasteiger partial charge in [-0.3, -0.25) is 5.43 Å². The molecule has 0 aliphatic heterocycles. The lowest BCUT2D eigenvalue weighted by Gasteiger charge is -2.19. The second-order valence-corrected chi connectivity index (χ2v) is 5.78. The molecule has 19 heavy (non-hydrogen) atoms. The van der Waals surface area contributed by atoms with Crippen molar-refractivity contribution in [3.8, 4) is 0 Å². The van der Waals surface area contributed by atoms with Gasteiger partial charge in [-0.05, 0) is 24.3 Å². The van der Waals surface area contributed by atoms with Gasteiger partial charge in [0.1, 0.15) is 0 Å². The van der Waals surface area contributed by atoms with Gasteiger partial charge in [-0.1, -0.05) is 29.8 Å². The van der Waals surface area contributed by atoms with Crippen molar-refractivity contribution < 1.29 is 0 Å². The Morgan fingerprint density at radius 2 is 2.05 bits per heavy atom. The van der Waals surface area contributed by atoms with Crippen molar-refractivity contribution in [2.24, 2.45) is 10.8 Å². The number of nitrogens with two attached hydrogens (primary N) is 1. The van der Waals surface area contributed by atoms with Crippen molar-refractivity contribution >= 4 is 34.6 Å². The van der Waals surface area contributed by atoms with Gasteiger partial charge in [-0.2, -0.15) is 0 Å². The third-order valence-corrected chi connectivity index (χ3v) is 3.72. The van der Waals surface area contributed by atoms with E-state index in [4.69, 9.17) is 17.4 Å². The molecule has 0 fully saturated rings. The van der Waals surface area contributed by atoms with Gasteiger partial charge in [0.25, 0.3) is 0 Å². The van der Waals surface area contributed by atoms with Crippen LogP contribution in [0.15, 0.2) is 47.5 Å². The monoisotopic (exact) mass is 294 g/mol. The summed E-state index contributed by atoms with van der Waals surface area (Å²) >= 11 is 7.47. The molecule has 0 saturated heterocycles. The molecule has 1 heterocycles. The summed E-state index contributed by atoms with van der Waals surface area (Å²) in [5.41, 5.74) is 3.48. The lowest BCUT2D eigenvalue weighted by molar-refractivity contribution is 0.485. The van der Waals surface area contributed by atoms with E-state index in [0.717, 1.165) is 14.9 Å². The first-order chi connectivity index (χ1) is 9.19. The largest absolute Gasteiger partial charge is 0.340 e. The normalized spacial score (nSPS) is 11.4. The Bertz CT molecular complexity index is 553. The van der Waals surface area contributed by atoms with E-state index in [1.54, 1.807) is 11.3 Å². The first kappa shape index (κ1) is 13.9. The minimum absolute atomic E-state index is 0.607. The van der Waals surface area contributed by atoms with Crippen LogP contribution in [0.2, 0.25) is 4.34 Å². The average molecular weight is 295 g/mol. The maximum atomic E-state index is 5.92. The molecule has 4 nitrogen and oxygen atoms in total. The molecule has 1 aromatic carbocycles. The number of rotatable bonds is 3. The number of guanidine groups is 1. The van der Waals surface area contributed by atoms with E-state index in [2.05, 4.69) is 10.4 Å². The molecule has 0 radical (unpaired) electrons. The summed E-state index contributed by atoms with van der Waals surface area (Å²) in [6.45, 7) is 0.702. The highest BCUT2D eigenvalue weighted by atomic mass is 35.5. The Labute approximate surface area is 121 Å². The molecule has 1 aromatic heterocycles. The Morgan fingerprint density at radius 3 is 2.63 bits per heavy atom. The minimum Gasteiger partial charge on any atom is -0.340 e. The molecule has 0 bridgehead atoms. The lowest BCUT2D eigenvalue weighted by Crippen LogP contribution is -2.42. The van der Waals surface area contributed by atoms with Crippen molar-refractivity contribution in [3.63, 3.8) is 0 Å². The molecule has 2 rings (SSSR count). The van der Waals surface area contributed by atoms with Crippen molar-refractivity contribution in [1.82, 2.24) is 10.3 Å². The highest BCUT2D eigenvalue weighted by Gasteiger charge is 2.07. The first-order valence-corrected chi connectivity index (χ1v) is 6.94. The van der Waals surface area contributed by atoms with Crippen LogP contribution in [-0.2, 0) is 6.54 Å². The van der Waals surface area contributed by atoms with Crippen LogP contribution >= 0.6 is 22.9 Å². The topological polar surface area (TPSA) is 53.6 Å².